The van der Waals surface area contributed by atoms with Gasteiger partial charge in [0, 0.05) is 12.3 Å². The van der Waals surface area contributed by atoms with E-state index in [9.17, 15) is 13.2 Å². The van der Waals surface area contributed by atoms with Gasteiger partial charge in [-0.25, -0.2) is 13.1 Å². The zero-order valence-electron chi connectivity index (χ0n) is 18.7. The van der Waals surface area contributed by atoms with Crippen molar-refractivity contribution >= 4 is 15.8 Å². The van der Waals surface area contributed by atoms with Gasteiger partial charge in [0.25, 0.3) is 0 Å². The van der Waals surface area contributed by atoms with E-state index in [1.165, 1.54) is 19.3 Å². The Bertz CT molecular complexity index is 938. The molecule has 5 heteroatoms. The highest BCUT2D eigenvalue weighted by atomic mass is 32.2. The molecule has 0 aromatic heterocycles. The number of sulfonamides is 1. The normalized spacial score (nSPS) is 20.5. The average molecular weight is 442 g/mol. The number of nitrogens with one attached hydrogen (secondary N) is 1. The van der Waals surface area contributed by atoms with Gasteiger partial charge in [-0.15, -0.1) is 0 Å². The molecule has 0 unspecified atom stereocenters. The van der Waals surface area contributed by atoms with Crippen LogP contribution in [0, 0.1) is 18.8 Å². The van der Waals surface area contributed by atoms with Gasteiger partial charge in [-0.1, -0.05) is 80.6 Å². The summed E-state index contributed by atoms with van der Waals surface area (Å²) >= 11 is 0. The summed E-state index contributed by atoms with van der Waals surface area (Å²) in [5.41, 5.74) is 1.87. The molecule has 1 saturated carbocycles. The van der Waals surface area contributed by atoms with Crippen LogP contribution in [0.2, 0.25) is 0 Å². The number of rotatable bonds is 10. The maximum atomic E-state index is 13.3. The zero-order chi connectivity index (χ0) is 22.3. The number of Topliss-reactive ketones (excluding diaryl/α,β-unsaturated/α-hetero) is 1. The average Bonchev–Trinajstić information content (AvgIpc) is 2.76. The predicted molar refractivity (Wildman–Crippen MR) is 125 cm³/mol. The van der Waals surface area contributed by atoms with Gasteiger partial charge in [-0.05, 0) is 49.8 Å². The summed E-state index contributed by atoms with van der Waals surface area (Å²) in [5, 5.41) is 0. The number of benzene rings is 2. The van der Waals surface area contributed by atoms with Crippen molar-refractivity contribution in [3.63, 3.8) is 0 Å². The molecule has 2 aromatic carbocycles. The second kappa shape index (κ2) is 11.1. The van der Waals surface area contributed by atoms with Gasteiger partial charge in [-0.2, -0.15) is 0 Å². The van der Waals surface area contributed by atoms with Crippen molar-refractivity contribution in [3.8, 4) is 0 Å². The monoisotopic (exact) mass is 441 g/mol. The van der Waals surface area contributed by atoms with E-state index in [1.54, 1.807) is 24.3 Å². The number of aryl methyl sites for hydroxylation is 1. The van der Waals surface area contributed by atoms with Crippen molar-refractivity contribution in [2.24, 2.45) is 11.8 Å². The van der Waals surface area contributed by atoms with E-state index in [1.807, 2.05) is 37.3 Å². The van der Waals surface area contributed by atoms with Crippen LogP contribution in [-0.2, 0) is 14.8 Å². The van der Waals surface area contributed by atoms with Crippen LogP contribution < -0.4 is 4.72 Å². The van der Waals surface area contributed by atoms with E-state index in [0.717, 1.165) is 36.8 Å². The first kappa shape index (κ1) is 23.7. The fourth-order valence-corrected chi connectivity index (χ4v) is 5.97. The molecule has 0 aliphatic heterocycles. The highest BCUT2D eigenvalue weighted by Gasteiger charge is 2.40. The lowest BCUT2D eigenvalue weighted by atomic mass is 9.71. The van der Waals surface area contributed by atoms with Crippen LogP contribution in [-0.4, -0.2) is 14.2 Å². The van der Waals surface area contributed by atoms with Crippen LogP contribution >= 0.6 is 0 Å². The summed E-state index contributed by atoms with van der Waals surface area (Å²) in [6, 6.07) is 15.9. The maximum Gasteiger partial charge on any atom is 0.241 e. The second-order valence-electron chi connectivity index (χ2n) is 8.82. The van der Waals surface area contributed by atoms with E-state index in [2.05, 4.69) is 11.6 Å². The quantitative estimate of drug-likeness (QED) is 0.462. The molecule has 3 rings (SSSR count). The lowest BCUT2D eigenvalue weighted by molar-refractivity contribution is -0.128. The first-order valence-corrected chi connectivity index (χ1v) is 13.1. The first-order valence-electron chi connectivity index (χ1n) is 11.6. The number of carbonyl (C=O) groups is 1. The van der Waals surface area contributed by atoms with Crippen molar-refractivity contribution in [3.05, 3.63) is 65.7 Å². The Morgan fingerprint density at radius 1 is 1.00 bits per heavy atom. The van der Waals surface area contributed by atoms with Crippen molar-refractivity contribution in [2.75, 3.05) is 0 Å². The highest BCUT2D eigenvalue weighted by Crippen LogP contribution is 2.40. The summed E-state index contributed by atoms with van der Waals surface area (Å²) in [4.78, 5) is 13.4. The molecule has 0 radical (unpaired) electrons. The molecule has 31 heavy (non-hydrogen) atoms. The third-order valence-corrected chi connectivity index (χ3v) is 7.89. The summed E-state index contributed by atoms with van der Waals surface area (Å²) < 4.78 is 29.4. The van der Waals surface area contributed by atoms with Crippen LogP contribution in [0.25, 0.3) is 0 Å². The minimum Gasteiger partial charge on any atom is -0.299 e. The Hall–Kier alpha value is -1.98. The molecule has 0 amide bonds. The van der Waals surface area contributed by atoms with Crippen molar-refractivity contribution < 1.29 is 13.2 Å². The van der Waals surface area contributed by atoms with Crippen LogP contribution in [0.4, 0.5) is 0 Å². The Labute approximate surface area is 187 Å². The van der Waals surface area contributed by atoms with Gasteiger partial charge in [0.05, 0.1) is 10.9 Å². The van der Waals surface area contributed by atoms with Gasteiger partial charge in [0.15, 0.2) is 0 Å². The molecule has 4 nitrogen and oxygen atoms in total. The summed E-state index contributed by atoms with van der Waals surface area (Å²) in [6.45, 7) is 4.12. The first-order chi connectivity index (χ1) is 14.9. The molecule has 0 spiro atoms. The number of carbonyl (C=O) groups excluding carboxylic acids is 1. The molecule has 0 heterocycles. The SMILES string of the molecule is CCCCCC[C@@H]1CCCC(=O)[C@H]1[C@H](NS(=O)(=O)c1ccc(C)cc1)c1ccccc1. The summed E-state index contributed by atoms with van der Waals surface area (Å²) in [7, 11) is -3.75. The fourth-order valence-electron chi connectivity index (χ4n) is 4.72. The van der Waals surface area contributed by atoms with Crippen LogP contribution in [0.15, 0.2) is 59.5 Å². The Morgan fingerprint density at radius 2 is 1.71 bits per heavy atom. The topological polar surface area (TPSA) is 63.2 Å². The third kappa shape index (κ3) is 6.27. The van der Waals surface area contributed by atoms with E-state index in [-0.39, 0.29) is 22.5 Å². The minimum absolute atomic E-state index is 0.187. The number of ketones is 1. The molecule has 168 valence electrons. The lowest BCUT2D eigenvalue weighted by Crippen LogP contribution is -2.42. The Kier molecular flexibility index (Phi) is 8.44. The number of unbranched alkanes of at least 4 members (excludes halogenated alkanes) is 3. The summed E-state index contributed by atoms with van der Waals surface area (Å²) in [5.74, 6) is 0.0780. The predicted octanol–water partition coefficient (Wildman–Crippen LogP) is 5.97. The standard InChI is InChI=1S/C26H35NO3S/c1-3-4-5-7-11-21-14-10-15-24(28)25(21)26(22-12-8-6-9-13-22)27-31(29,30)23-18-16-20(2)17-19-23/h6,8-9,12-13,16-19,21,25-27H,3-5,7,10-11,14-15H2,1-2H3/t21-,25+,26-/m1/s1. The largest absolute Gasteiger partial charge is 0.299 e. The molecular formula is C26H35NO3S. The van der Waals surface area contributed by atoms with Crippen LogP contribution in [0.1, 0.15) is 75.5 Å². The molecule has 2 aromatic rings. The van der Waals surface area contributed by atoms with Gasteiger partial charge in [0.1, 0.15) is 5.78 Å². The molecule has 1 aliphatic rings. The third-order valence-electron chi connectivity index (χ3n) is 6.44. The molecule has 1 N–H and O–H groups in total. The fraction of sp³-hybridized carbons (Fsp3) is 0.500. The molecule has 1 aliphatic carbocycles. The lowest BCUT2D eigenvalue weighted by Gasteiger charge is -2.36. The second-order valence-corrected chi connectivity index (χ2v) is 10.5. The smallest absolute Gasteiger partial charge is 0.241 e. The van der Waals surface area contributed by atoms with Gasteiger partial charge < -0.3 is 0 Å². The molecular weight excluding hydrogens is 406 g/mol. The van der Waals surface area contributed by atoms with Gasteiger partial charge >= 0.3 is 0 Å². The van der Waals surface area contributed by atoms with E-state index in [0.29, 0.717) is 6.42 Å². The van der Waals surface area contributed by atoms with Crippen molar-refractivity contribution in [2.45, 2.75) is 76.2 Å². The van der Waals surface area contributed by atoms with Crippen molar-refractivity contribution in [1.29, 1.82) is 0 Å². The van der Waals surface area contributed by atoms with E-state index in [4.69, 9.17) is 0 Å². The van der Waals surface area contributed by atoms with Crippen LogP contribution in [0.5, 0.6) is 0 Å². The Balaban J connectivity index is 1.91. The summed E-state index contributed by atoms with van der Waals surface area (Å²) in [6.07, 6.45) is 8.03. The molecule has 3 atom stereocenters. The van der Waals surface area contributed by atoms with Gasteiger partial charge in [-0.3, -0.25) is 4.79 Å². The minimum atomic E-state index is -3.75. The Morgan fingerprint density at radius 3 is 2.39 bits per heavy atom. The van der Waals surface area contributed by atoms with Gasteiger partial charge in [0.2, 0.25) is 10.0 Å². The van der Waals surface area contributed by atoms with E-state index < -0.39 is 16.1 Å². The highest BCUT2D eigenvalue weighted by molar-refractivity contribution is 7.89. The van der Waals surface area contributed by atoms with Crippen LogP contribution in [0.3, 0.4) is 0 Å². The molecule has 0 bridgehead atoms. The molecule has 1 fully saturated rings. The van der Waals surface area contributed by atoms with E-state index >= 15 is 0 Å². The zero-order valence-corrected chi connectivity index (χ0v) is 19.5. The number of hydrogen-bond donors (Lipinski definition) is 1. The maximum absolute atomic E-state index is 13.3. The number of hydrogen-bond acceptors (Lipinski definition) is 3. The molecule has 0 saturated heterocycles. The van der Waals surface area contributed by atoms with Crippen molar-refractivity contribution in [1.82, 2.24) is 4.72 Å².